The van der Waals surface area contributed by atoms with Gasteiger partial charge in [-0.05, 0) is 93.9 Å². The summed E-state index contributed by atoms with van der Waals surface area (Å²) in [6.07, 6.45) is -11.4. The summed E-state index contributed by atoms with van der Waals surface area (Å²) in [7, 11) is 3.23. The van der Waals surface area contributed by atoms with Gasteiger partial charge in [0, 0.05) is 44.6 Å². The van der Waals surface area contributed by atoms with E-state index in [1.54, 1.807) is 46.3 Å². The van der Waals surface area contributed by atoms with E-state index in [0.29, 0.717) is 61.8 Å². The summed E-state index contributed by atoms with van der Waals surface area (Å²) in [6, 6.07) is 8.16. The third-order valence-corrected chi connectivity index (χ3v) is 20.3. The zero-order valence-corrected chi connectivity index (χ0v) is 55.3. The molecule has 6 aliphatic rings. The van der Waals surface area contributed by atoms with E-state index in [1.165, 1.54) is 63.8 Å². The van der Waals surface area contributed by atoms with Crippen LogP contribution >= 0.6 is 0 Å². The highest BCUT2D eigenvalue weighted by Gasteiger charge is 2.54. The fourth-order valence-corrected chi connectivity index (χ4v) is 15.0. The van der Waals surface area contributed by atoms with Gasteiger partial charge in [-0.2, -0.15) is 0 Å². The van der Waals surface area contributed by atoms with Crippen molar-refractivity contribution in [1.82, 2.24) is 45.5 Å². The third-order valence-electron chi connectivity index (χ3n) is 20.3. The number of nitrogens with one attached hydrogen (secondary N) is 2. The Bertz CT molecular complexity index is 3170. The van der Waals surface area contributed by atoms with E-state index in [2.05, 4.69) is 31.3 Å². The fourth-order valence-electron chi connectivity index (χ4n) is 15.0. The first-order valence-electron chi connectivity index (χ1n) is 34.1. The summed E-state index contributed by atoms with van der Waals surface area (Å²) >= 11 is 0. The Morgan fingerprint density at radius 1 is 0.688 bits per heavy atom. The molecule has 4 aromatic rings. The van der Waals surface area contributed by atoms with Gasteiger partial charge in [-0.1, -0.05) is 99.9 Å². The number of unbranched alkanes of at least 4 members (excludes halogenated alkanes) is 1. The van der Waals surface area contributed by atoms with Crippen molar-refractivity contribution >= 4 is 17.7 Å². The standard InChI is InChI=1S/C67H97F2N9O18/c1-7-38-24-37(26-49(61(38)96-67-60(87)59(86)54(81)34(3)90-67)94-65-52(71-35(4)80)62(57(84)51(33-79)95-65)91-50(64(89)76(5)6)25-36-16-10-9-11-17-36)18-12-13-23-70-63(88)41-29-46(77-31-44(72-74-77)39-19-14-21-42(68)27-39)55(82)48(30-41)93-66-58(85)53(56(83)47(8-2)92-66)78-32-45(73-75-78)40-20-15-22-43(69)28-40/h14-15,19-22,27-28,31-32,34,36-38,41,46-62,65-67,79,81-87H,7-13,16-18,23-26,29-30,33H2,1-6H3,(H,70,88)(H,71,80)/t34?,37?,38?,41-,46?,47?,48+,49+,50-,51-,52?,53?,54+,55?,56-,57-,58+,59-,60?,61+,62?,65+,66-,67-/m0/s1. The van der Waals surface area contributed by atoms with Crippen molar-refractivity contribution in [2.75, 3.05) is 27.2 Å². The molecule has 27 nitrogen and oxygen atoms in total. The molecule has 3 amide bonds. The van der Waals surface area contributed by atoms with Gasteiger partial charge in [0.1, 0.15) is 96.1 Å². The molecule has 0 spiro atoms. The Morgan fingerprint density at radius 3 is 1.97 bits per heavy atom. The maximum Gasteiger partial charge on any atom is 0.251 e. The average molecular weight is 1350 g/mol. The molecule has 10 unspecified atom stereocenters. The summed E-state index contributed by atoms with van der Waals surface area (Å²) < 4.78 is 76.7. The molecular weight excluding hydrogens is 1260 g/mol. The van der Waals surface area contributed by atoms with Crippen LogP contribution in [0, 0.1) is 35.3 Å². The largest absolute Gasteiger partial charge is 0.394 e. The van der Waals surface area contributed by atoms with Gasteiger partial charge in [0.15, 0.2) is 18.9 Å². The molecule has 3 aliphatic carbocycles. The van der Waals surface area contributed by atoms with Crippen molar-refractivity contribution in [2.24, 2.45) is 23.7 Å². The normalized spacial score (nSPS) is 35.6. The van der Waals surface area contributed by atoms with E-state index >= 15 is 0 Å². The lowest BCUT2D eigenvalue weighted by atomic mass is 9.74. The minimum atomic E-state index is -1.65. The lowest BCUT2D eigenvalue weighted by Gasteiger charge is -2.49. The van der Waals surface area contributed by atoms with Gasteiger partial charge in [-0.15, -0.1) is 10.2 Å². The van der Waals surface area contributed by atoms with Crippen LogP contribution < -0.4 is 10.6 Å². The lowest BCUT2D eigenvalue weighted by molar-refractivity contribution is -0.339. The Morgan fingerprint density at radius 2 is 1.33 bits per heavy atom. The molecule has 0 bridgehead atoms. The number of nitrogens with zero attached hydrogens (tertiary/aromatic N) is 7. The quantitative estimate of drug-likeness (QED) is 0.0426. The van der Waals surface area contributed by atoms with E-state index in [0.717, 1.165) is 32.1 Å². The van der Waals surface area contributed by atoms with Crippen LogP contribution in [-0.4, -0.2) is 237 Å². The van der Waals surface area contributed by atoms with Crippen LogP contribution in [0.4, 0.5) is 8.78 Å². The van der Waals surface area contributed by atoms with Gasteiger partial charge < -0.3 is 89.5 Å². The van der Waals surface area contributed by atoms with Gasteiger partial charge in [0.05, 0.1) is 55.6 Å². The summed E-state index contributed by atoms with van der Waals surface area (Å²) in [5.41, 5.74) is 1.42. The van der Waals surface area contributed by atoms with Crippen molar-refractivity contribution in [3.8, 4) is 22.5 Å². The van der Waals surface area contributed by atoms with Crippen molar-refractivity contribution in [1.29, 1.82) is 0 Å². The molecule has 2 aromatic carbocycles. The fraction of sp³-hybridized carbons (Fsp3) is 0.716. The lowest BCUT2D eigenvalue weighted by Crippen LogP contribution is -2.67. The summed E-state index contributed by atoms with van der Waals surface area (Å²) in [5, 5.41) is 114. The van der Waals surface area contributed by atoms with E-state index in [1.807, 2.05) is 6.92 Å². The SMILES string of the molecule is CCC1O[C@@H](O[C@@H]2C[C@@H](C(=O)NCCCCC3CC(CC)[C@@H](O[C@@H]4OC(C)[C@@H](O)[C@H](O)C4O)[C@H](O[C@@H]4O[C@@H](CO)[C@H](O)C(O[C@@H](CC5CCCCC5)C(=O)N(C)C)C4NC(C)=O)C3)CC(n3cc(-c4cccc(F)c4)nn3)C2O)[C@H](O)C(n2cc(-c3cccc(F)c3)nn2)[C@H]1O. The van der Waals surface area contributed by atoms with Crippen LogP contribution in [0.5, 0.6) is 0 Å². The number of benzene rings is 2. The van der Waals surface area contributed by atoms with Crippen LogP contribution in [0.2, 0.25) is 0 Å². The Balaban J connectivity index is 0.847. The average Bonchev–Trinajstić information content (AvgIpc) is 1.06. The van der Waals surface area contributed by atoms with Crippen molar-refractivity contribution in [2.45, 2.75) is 253 Å². The minimum absolute atomic E-state index is 0.0429. The minimum Gasteiger partial charge on any atom is -0.394 e. The number of hydrogen-bond donors (Lipinski definition) is 10. The predicted molar refractivity (Wildman–Crippen MR) is 337 cm³/mol. The number of aliphatic hydroxyl groups excluding tert-OH is 8. The second-order valence-electron chi connectivity index (χ2n) is 27.3. The topological polar surface area (TPSA) is 366 Å². The van der Waals surface area contributed by atoms with E-state index in [-0.39, 0.29) is 61.1 Å². The molecule has 3 saturated carbocycles. The number of aliphatic hydroxyl groups is 8. The third kappa shape index (κ3) is 17.2. The molecule has 10 rings (SSSR count). The molecule has 532 valence electrons. The zero-order valence-electron chi connectivity index (χ0n) is 55.3. The number of hydrogen-bond acceptors (Lipinski definition) is 22. The van der Waals surface area contributed by atoms with E-state index in [9.17, 15) is 64.0 Å². The number of aromatic nitrogens is 6. The number of carbonyl (C=O) groups is 3. The zero-order chi connectivity index (χ0) is 68.6. The highest BCUT2D eigenvalue weighted by molar-refractivity contribution is 5.80. The van der Waals surface area contributed by atoms with Crippen molar-refractivity contribution in [3.05, 3.63) is 72.6 Å². The highest BCUT2D eigenvalue weighted by atomic mass is 19.1. The first-order valence-corrected chi connectivity index (χ1v) is 34.1. The second-order valence-corrected chi connectivity index (χ2v) is 27.3. The molecule has 0 radical (unpaired) electrons. The van der Waals surface area contributed by atoms with Crippen LogP contribution in [0.1, 0.15) is 136 Å². The monoisotopic (exact) mass is 1350 g/mol. The highest BCUT2D eigenvalue weighted by Crippen LogP contribution is 2.43. The molecule has 29 heteroatoms. The summed E-state index contributed by atoms with van der Waals surface area (Å²) in [4.78, 5) is 43.1. The number of ether oxygens (including phenoxy) is 7. The molecule has 3 aliphatic heterocycles. The van der Waals surface area contributed by atoms with Gasteiger partial charge in [-0.3, -0.25) is 14.4 Å². The Hall–Kier alpha value is -5.61. The number of rotatable bonds is 25. The number of carbonyl (C=O) groups excluding carboxylic acids is 3. The second kappa shape index (κ2) is 33.0. The number of halogens is 2. The number of amides is 3. The molecule has 2 aromatic heterocycles. The maximum atomic E-state index is 14.5. The van der Waals surface area contributed by atoms with Crippen LogP contribution in [0.3, 0.4) is 0 Å². The smallest absolute Gasteiger partial charge is 0.251 e. The van der Waals surface area contributed by atoms with Crippen LogP contribution in [0.15, 0.2) is 60.9 Å². The van der Waals surface area contributed by atoms with Crippen LogP contribution in [0.25, 0.3) is 22.5 Å². The van der Waals surface area contributed by atoms with E-state index in [4.69, 9.17) is 33.2 Å². The van der Waals surface area contributed by atoms with Crippen molar-refractivity contribution < 1.29 is 97.2 Å². The van der Waals surface area contributed by atoms with Crippen LogP contribution in [-0.2, 0) is 47.5 Å². The molecule has 5 heterocycles. The molecule has 24 atom stereocenters. The summed E-state index contributed by atoms with van der Waals surface area (Å²) in [6.45, 7) is 6.13. The maximum absolute atomic E-state index is 14.5. The molecule has 6 fully saturated rings. The first kappa shape index (κ1) is 73.1. The molecule has 10 N–H and O–H groups in total. The van der Waals surface area contributed by atoms with Gasteiger partial charge in [0.2, 0.25) is 11.8 Å². The Kier molecular flexibility index (Phi) is 25.2. The number of likely N-dealkylation sites (N-methyl/N-ethyl adjacent to an activating group) is 1. The first-order chi connectivity index (χ1) is 46.0. The van der Waals surface area contributed by atoms with Crippen molar-refractivity contribution in [3.63, 3.8) is 0 Å². The molecule has 3 saturated heterocycles. The summed E-state index contributed by atoms with van der Waals surface area (Å²) in [5.74, 6) is -3.18. The predicted octanol–water partition coefficient (Wildman–Crippen LogP) is 2.99. The van der Waals surface area contributed by atoms with Gasteiger partial charge in [0.25, 0.3) is 5.91 Å². The Labute approximate surface area is 557 Å². The van der Waals surface area contributed by atoms with E-state index < -0.39 is 159 Å². The molecular formula is C67H97F2N9O18. The van der Waals surface area contributed by atoms with Gasteiger partial charge >= 0.3 is 0 Å². The van der Waals surface area contributed by atoms with Gasteiger partial charge in [-0.25, -0.2) is 18.1 Å². The molecule has 96 heavy (non-hydrogen) atoms.